The van der Waals surface area contributed by atoms with E-state index < -0.39 is 0 Å². The van der Waals surface area contributed by atoms with Crippen molar-refractivity contribution < 1.29 is 0 Å². The third-order valence-electron chi connectivity index (χ3n) is 3.76. The number of hydrogen-bond donors (Lipinski definition) is 1. The summed E-state index contributed by atoms with van der Waals surface area (Å²) in [6.07, 6.45) is 3.81. The van der Waals surface area contributed by atoms with E-state index in [1.807, 2.05) is 0 Å². The topological polar surface area (TPSA) is 29.9 Å². The maximum absolute atomic E-state index is 4.65. The summed E-state index contributed by atoms with van der Waals surface area (Å²) in [5, 5.41) is 8.18. The van der Waals surface area contributed by atoms with Crippen LogP contribution in [-0.2, 0) is 0 Å². The van der Waals surface area contributed by atoms with Gasteiger partial charge in [-0.05, 0) is 68.0 Å². The first-order valence-electron chi connectivity index (χ1n) is 6.57. The van der Waals surface area contributed by atoms with Crippen LogP contribution >= 0.6 is 15.9 Å². The van der Waals surface area contributed by atoms with Gasteiger partial charge in [0, 0.05) is 0 Å². The van der Waals surface area contributed by atoms with Crippen molar-refractivity contribution in [2.75, 3.05) is 13.1 Å². The van der Waals surface area contributed by atoms with Crippen LogP contribution in [0.25, 0.3) is 0 Å². The molecule has 0 radical (unpaired) electrons. The normalized spacial score (nSPS) is 23.8. The lowest BCUT2D eigenvalue weighted by Crippen LogP contribution is -2.38. The molecule has 4 heteroatoms. The number of rotatable bonds is 5. The van der Waals surface area contributed by atoms with Gasteiger partial charge in [-0.3, -0.25) is 4.68 Å². The minimum Gasteiger partial charge on any atom is -0.316 e. The first kappa shape index (κ1) is 13.1. The van der Waals surface area contributed by atoms with Crippen LogP contribution in [0.1, 0.15) is 43.6 Å². The molecule has 1 aliphatic carbocycles. The molecule has 0 aliphatic heterocycles. The largest absolute Gasteiger partial charge is 0.316 e. The minimum absolute atomic E-state index is 0.601. The van der Waals surface area contributed by atoms with Crippen molar-refractivity contribution in [2.45, 2.75) is 46.1 Å². The third-order valence-corrected chi connectivity index (χ3v) is 4.91. The second-order valence-electron chi connectivity index (χ2n) is 5.04. The quantitative estimate of drug-likeness (QED) is 0.846. The van der Waals surface area contributed by atoms with Gasteiger partial charge in [0.25, 0.3) is 0 Å². The average molecular weight is 300 g/mol. The third kappa shape index (κ3) is 2.58. The lowest BCUT2D eigenvalue weighted by atomic mass is 9.79. The van der Waals surface area contributed by atoms with E-state index in [1.54, 1.807) is 0 Å². The molecule has 96 valence electrons. The Balaban J connectivity index is 2.00. The Bertz CT molecular complexity index is 386. The Morgan fingerprint density at radius 1 is 1.41 bits per heavy atom. The number of halogens is 1. The van der Waals surface area contributed by atoms with Crippen LogP contribution in [0.3, 0.4) is 0 Å². The van der Waals surface area contributed by atoms with Gasteiger partial charge in [-0.1, -0.05) is 6.92 Å². The van der Waals surface area contributed by atoms with Crippen molar-refractivity contribution in [2.24, 2.45) is 5.92 Å². The molecule has 17 heavy (non-hydrogen) atoms. The van der Waals surface area contributed by atoms with Crippen molar-refractivity contribution in [3.05, 3.63) is 15.9 Å². The van der Waals surface area contributed by atoms with Crippen molar-refractivity contribution in [1.29, 1.82) is 0 Å². The predicted octanol–water partition coefficient (Wildman–Crippen LogP) is 3.21. The zero-order valence-electron chi connectivity index (χ0n) is 11.0. The van der Waals surface area contributed by atoms with Crippen LogP contribution in [-0.4, -0.2) is 22.9 Å². The van der Waals surface area contributed by atoms with Crippen LogP contribution in [0.4, 0.5) is 0 Å². The monoisotopic (exact) mass is 299 g/mol. The van der Waals surface area contributed by atoms with Gasteiger partial charge in [-0.25, -0.2) is 0 Å². The summed E-state index contributed by atoms with van der Waals surface area (Å²) < 4.78 is 3.39. The van der Waals surface area contributed by atoms with Gasteiger partial charge in [0.15, 0.2) is 0 Å². The first-order valence-corrected chi connectivity index (χ1v) is 7.36. The molecule has 1 aromatic rings. The summed E-state index contributed by atoms with van der Waals surface area (Å²) in [5.41, 5.74) is 2.38. The van der Waals surface area contributed by atoms with Crippen LogP contribution in [0, 0.1) is 19.8 Å². The zero-order chi connectivity index (χ0) is 12.4. The summed E-state index contributed by atoms with van der Waals surface area (Å²) in [6, 6.07) is 0.601. The minimum atomic E-state index is 0.601. The van der Waals surface area contributed by atoms with E-state index in [-0.39, 0.29) is 0 Å². The average Bonchev–Trinajstić information content (AvgIpc) is 2.51. The summed E-state index contributed by atoms with van der Waals surface area (Å²) >= 11 is 3.61. The van der Waals surface area contributed by atoms with Gasteiger partial charge in [0.05, 0.1) is 21.9 Å². The Morgan fingerprint density at radius 3 is 2.65 bits per heavy atom. The number of aryl methyl sites for hydroxylation is 1. The number of nitrogens with zero attached hydrogens (tertiary/aromatic N) is 2. The lowest BCUT2D eigenvalue weighted by Gasteiger charge is -2.37. The maximum atomic E-state index is 4.65. The molecule has 1 fully saturated rings. The molecule has 1 N–H and O–H groups in total. The Labute approximate surface area is 112 Å². The zero-order valence-corrected chi connectivity index (χ0v) is 12.5. The van der Waals surface area contributed by atoms with Crippen molar-refractivity contribution in [3.63, 3.8) is 0 Å². The lowest BCUT2D eigenvalue weighted by molar-refractivity contribution is 0.160. The standard InChI is InChI=1S/C13H22BrN3/c1-4-7-15-8-11-5-6-12(11)17-10(3)13(14)9(2)16-17/h11-12,15H,4-8H2,1-3H3. The van der Waals surface area contributed by atoms with Gasteiger partial charge in [0.2, 0.25) is 0 Å². The van der Waals surface area contributed by atoms with Gasteiger partial charge in [0.1, 0.15) is 0 Å². The molecule has 1 aromatic heterocycles. The molecule has 2 rings (SSSR count). The Morgan fingerprint density at radius 2 is 2.18 bits per heavy atom. The van der Waals surface area contributed by atoms with E-state index in [0.29, 0.717) is 6.04 Å². The van der Waals surface area contributed by atoms with Crippen molar-refractivity contribution in [3.8, 4) is 0 Å². The van der Waals surface area contributed by atoms with Gasteiger partial charge in [-0.2, -0.15) is 5.10 Å². The van der Waals surface area contributed by atoms with Gasteiger partial charge in [-0.15, -0.1) is 0 Å². The number of aromatic nitrogens is 2. The molecule has 1 aliphatic rings. The molecule has 1 saturated carbocycles. The fraction of sp³-hybridized carbons (Fsp3) is 0.769. The summed E-state index contributed by atoms with van der Waals surface area (Å²) in [7, 11) is 0. The SMILES string of the molecule is CCCNCC1CCC1n1nc(C)c(Br)c1C. The van der Waals surface area contributed by atoms with Gasteiger partial charge < -0.3 is 5.32 Å². The van der Waals surface area contributed by atoms with Crippen LogP contribution < -0.4 is 5.32 Å². The van der Waals surface area contributed by atoms with E-state index in [0.717, 1.165) is 24.7 Å². The molecular weight excluding hydrogens is 278 g/mol. The van der Waals surface area contributed by atoms with Crippen LogP contribution in [0.15, 0.2) is 4.47 Å². The second kappa shape index (κ2) is 5.53. The van der Waals surface area contributed by atoms with Crippen LogP contribution in [0.5, 0.6) is 0 Å². The molecular formula is C13H22BrN3. The highest BCUT2D eigenvalue weighted by atomic mass is 79.9. The fourth-order valence-corrected chi connectivity index (χ4v) is 2.80. The van der Waals surface area contributed by atoms with Crippen LogP contribution in [0.2, 0.25) is 0 Å². The Kier molecular flexibility index (Phi) is 4.26. The van der Waals surface area contributed by atoms with E-state index >= 15 is 0 Å². The molecule has 0 aromatic carbocycles. The molecule has 0 saturated heterocycles. The number of nitrogens with one attached hydrogen (secondary N) is 1. The first-order chi connectivity index (χ1) is 8.15. The summed E-state index contributed by atoms with van der Waals surface area (Å²) in [6.45, 7) is 8.69. The number of hydrogen-bond acceptors (Lipinski definition) is 2. The smallest absolute Gasteiger partial charge is 0.0738 e. The predicted molar refractivity (Wildman–Crippen MR) is 74.3 cm³/mol. The highest BCUT2D eigenvalue weighted by Gasteiger charge is 2.33. The highest BCUT2D eigenvalue weighted by molar-refractivity contribution is 9.10. The van der Waals surface area contributed by atoms with Gasteiger partial charge >= 0.3 is 0 Å². The molecule has 2 unspecified atom stereocenters. The van der Waals surface area contributed by atoms with Crippen molar-refractivity contribution in [1.82, 2.24) is 15.1 Å². The van der Waals surface area contributed by atoms with E-state index in [1.165, 1.54) is 29.4 Å². The van der Waals surface area contributed by atoms with E-state index in [4.69, 9.17) is 0 Å². The fourth-order valence-electron chi connectivity index (χ4n) is 2.54. The van der Waals surface area contributed by atoms with Crippen molar-refractivity contribution >= 4 is 15.9 Å². The molecule has 0 spiro atoms. The summed E-state index contributed by atoms with van der Waals surface area (Å²) in [4.78, 5) is 0. The molecule has 2 atom stereocenters. The molecule has 0 bridgehead atoms. The molecule has 1 heterocycles. The van der Waals surface area contributed by atoms with E-state index in [9.17, 15) is 0 Å². The molecule has 3 nitrogen and oxygen atoms in total. The molecule has 0 amide bonds. The summed E-state index contributed by atoms with van der Waals surface area (Å²) in [5.74, 6) is 0.756. The second-order valence-corrected chi connectivity index (χ2v) is 5.83. The maximum Gasteiger partial charge on any atom is 0.0738 e. The Hall–Kier alpha value is -0.350. The highest BCUT2D eigenvalue weighted by Crippen LogP contribution is 2.39. The van der Waals surface area contributed by atoms with E-state index in [2.05, 4.69) is 51.8 Å².